The van der Waals surface area contributed by atoms with Crippen LogP contribution in [0.1, 0.15) is 16.8 Å². The van der Waals surface area contributed by atoms with Crippen molar-refractivity contribution in [2.45, 2.75) is 18.5 Å². The van der Waals surface area contributed by atoms with Gasteiger partial charge in [0.2, 0.25) is 0 Å². The van der Waals surface area contributed by atoms with E-state index in [-0.39, 0.29) is 5.91 Å². The monoisotopic (exact) mass is 245 g/mol. The Kier molecular flexibility index (Phi) is 3.06. The van der Waals surface area contributed by atoms with Crippen LogP contribution in [0.3, 0.4) is 0 Å². The summed E-state index contributed by atoms with van der Waals surface area (Å²) in [5.41, 5.74) is 6.59. The zero-order valence-electron chi connectivity index (χ0n) is 10.5. The smallest absolute Gasteiger partial charge is 0.254 e. The second kappa shape index (κ2) is 4.71. The van der Waals surface area contributed by atoms with E-state index in [1.165, 1.54) is 0 Å². The number of piperazine rings is 1. The first kappa shape index (κ1) is 11.7. The van der Waals surface area contributed by atoms with E-state index in [9.17, 15) is 4.79 Å². The molecule has 1 aromatic carbocycles. The molecule has 2 N–H and O–H groups in total. The molecule has 2 aliphatic heterocycles. The van der Waals surface area contributed by atoms with Crippen LogP contribution in [0.25, 0.3) is 0 Å². The van der Waals surface area contributed by atoms with Gasteiger partial charge < -0.3 is 10.6 Å². The highest BCUT2D eigenvalue weighted by Crippen LogP contribution is 2.25. The van der Waals surface area contributed by atoms with Gasteiger partial charge in [0.1, 0.15) is 0 Å². The van der Waals surface area contributed by atoms with Crippen molar-refractivity contribution in [1.82, 2.24) is 9.80 Å². The van der Waals surface area contributed by atoms with Crippen molar-refractivity contribution in [3.63, 3.8) is 0 Å². The van der Waals surface area contributed by atoms with Gasteiger partial charge in [0.05, 0.1) is 0 Å². The van der Waals surface area contributed by atoms with Crippen LogP contribution < -0.4 is 5.73 Å². The number of benzene rings is 1. The van der Waals surface area contributed by atoms with E-state index >= 15 is 0 Å². The van der Waals surface area contributed by atoms with Gasteiger partial charge in [0.15, 0.2) is 0 Å². The third kappa shape index (κ3) is 1.91. The van der Waals surface area contributed by atoms with Crippen LogP contribution >= 0.6 is 0 Å². The Hall–Kier alpha value is -1.39. The van der Waals surface area contributed by atoms with E-state index in [0.717, 1.165) is 31.6 Å². The molecule has 3 rings (SSSR count). The maximum absolute atomic E-state index is 12.5. The number of rotatable bonds is 2. The van der Waals surface area contributed by atoms with Gasteiger partial charge in [0.25, 0.3) is 5.91 Å². The average molecular weight is 245 g/mol. The van der Waals surface area contributed by atoms with Gasteiger partial charge in [-0.15, -0.1) is 0 Å². The Morgan fingerprint density at radius 1 is 1.28 bits per heavy atom. The molecule has 1 amide bonds. The van der Waals surface area contributed by atoms with Gasteiger partial charge in [-0.1, -0.05) is 18.2 Å². The molecular weight excluding hydrogens is 226 g/mol. The van der Waals surface area contributed by atoms with E-state index in [1.807, 2.05) is 35.2 Å². The molecular formula is C14H19N3O. The van der Waals surface area contributed by atoms with Crippen molar-refractivity contribution in [2.24, 2.45) is 5.73 Å². The van der Waals surface area contributed by atoms with Crippen molar-refractivity contribution in [1.29, 1.82) is 0 Å². The summed E-state index contributed by atoms with van der Waals surface area (Å²) in [6.45, 7) is 3.46. The highest BCUT2D eigenvalue weighted by molar-refractivity contribution is 5.94. The van der Waals surface area contributed by atoms with Crippen LogP contribution in [-0.2, 0) is 0 Å². The summed E-state index contributed by atoms with van der Waals surface area (Å²) >= 11 is 0. The van der Waals surface area contributed by atoms with E-state index < -0.39 is 0 Å². The summed E-state index contributed by atoms with van der Waals surface area (Å²) < 4.78 is 0. The maximum atomic E-state index is 12.5. The molecule has 0 radical (unpaired) electrons. The Labute approximate surface area is 107 Å². The van der Waals surface area contributed by atoms with E-state index in [0.29, 0.717) is 18.6 Å². The molecule has 1 aromatic rings. The molecule has 96 valence electrons. The molecule has 4 heteroatoms. The zero-order valence-corrected chi connectivity index (χ0v) is 10.5. The predicted octanol–water partition coefficient (Wildman–Crippen LogP) is 0.544. The molecule has 18 heavy (non-hydrogen) atoms. The SMILES string of the molecule is NCC1CN(C(=O)c2ccccc2)C2CCN1C2. The molecule has 4 nitrogen and oxygen atoms in total. The van der Waals surface area contributed by atoms with Crippen LogP contribution in [0.4, 0.5) is 0 Å². The van der Waals surface area contributed by atoms with Crippen LogP contribution in [-0.4, -0.2) is 54.0 Å². The fourth-order valence-electron chi connectivity index (χ4n) is 3.06. The molecule has 2 aliphatic rings. The van der Waals surface area contributed by atoms with Crippen LogP contribution in [0.2, 0.25) is 0 Å². The molecule has 2 saturated heterocycles. The minimum absolute atomic E-state index is 0.153. The first-order valence-electron chi connectivity index (χ1n) is 6.59. The highest BCUT2D eigenvalue weighted by atomic mass is 16.2. The largest absolute Gasteiger partial charge is 0.333 e. The first-order valence-corrected chi connectivity index (χ1v) is 6.59. The minimum atomic E-state index is 0.153. The summed E-state index contributed by atoms with van der Waals surface area (Å²) in [6, 6.07) is 10.3. The van der Waals surface area contributed by atoms with E-state index in [4.69, 9.17) is 5.73 Å². The molecule has 3 atom stereocenters. The van der Waals surface area contributed by atoms with Crippen molar-refractivity contribution < 1.29 is 4.79 Å². The van der Waals surface area contributed by atoms with Crippen molar-refractivity contribution in [2.75, 3.05) is 26.2 Å². The number of hydrogen-bond donors (Lipinski definition) is 1. The average Bonchev–Trinajstić information content (AvgIpc) is 2.84. The summed E-state index contributed by atoms with van der Waals surface area (Å²) in [5, 5.41) is 0. The lowest BCUT2D eigenvalue weighted by atomic mass is 10.1. The third-order valence-electron chi connectivity index (χ3n) is 4.11. The number of nitrogens with two attached hydrogens (primary N) is 1. The predicted molar refractivity (Wildman–Crippen MR) is 70.3 cm³/mol. The molecule has 0 saturated carbocycles. The second-order valence-electron chi connectivity index (χ2n) is 5.15. The summed E-state index contributed by atoms with van der Waals surface area (Å²) in [6.07, 6.45) is 1.08. The van der Waals surface area contributed by atoms with Crippen LogP contribution in [0.15, 0.2) is 30.3 Å². The standard InChI is InChI=1S/C14H19N3O/c15-8-13-10-17(12-6-7-16(13)9-12)14(18)11-4-2-1-3-5-11/h1-5,12-13H,6-10,15H2. The van der Waals surface area contributed by atoms with Gasteiger partial charge in [-0.3, -0.25) is 9.69 Å². The van der Waals surface area contributed by atoms with Crippen molar-refractivity contribution in [3.05, 3.63) is 35.9 Å². The van der Waals surface area contributed by atoms with Gasteiger partial charge in [-0.2, -0.15) is 0 Å². The molecule has 3 unspecified atom stereocenters. The quantitative estimate of drug-likeness (QED) is 0.827. The van der Waals surface area contributed by atoms with Crippen LogP contribution in [0, 0.1) is 0 Å². The number of fused-ring (bicyclic) bond motifs is 2. The van der Waals surface area contributed by atoms with E-state index in [1.54, 1.807) is 0 Å². The topological polar surface area (TPSA) is 49.6 Å². The maximum Gasteiger partial charge on any atom is 0.254 e. The summed E-state index contributed by atoms with van der Waals surface area (Å²) in [7, 11) is 0. The molecule has 0 aliphatic carbocycles. The second-order valence-corrected chi connectivity index (χ2v) is 5.15. The van der Waals surface area contributed by atoms with E-state index in [2.05, 4.69) is 4.90 Å². The van der Waals surface area contributed by atoms with Gasteiger partial charge >= 0.3 is 0 Å². The molecule has 0 aromatic heterocycles. The number of hydrogen-bond acceptors (Lipinski definition) is 3. The number of amides is 1. The fourth-order valence-corrected chi connectivity index (χ4v) is 3.06. The lowest BCUT2D eigenvalue weighted by Gasteiger charge is -2.39. The first-order chi connectivity index (χ1) is 8.79. The Morgan fingerprint density at radius 2 is 2.06 bits per heavy atom. The summed E-state index contributed by atoms with van der Waals surface area (Å²) in [5.74, 6) is 0.153. The van der Waals surface area contributed by atoms with Crippen molar-refractivity contribution >= 4 is 5.91 Å². The minimum Gasteiger partial charge on any atom is -0.333 e. The normalized spacial score (nSPS) is 30.5. The van der Waals surface area contributed by atoms with Crippen LogP contribution in [0.5, 0.6) is 0 Å². The number of nitrogens with zero attached hydrogens (tertiary/aromatic N) is 2. The number of carbonyl (C=O) groups excluding carboxylic acids is 1. The fraction of sp³-hybridized carbons (Fsp3) is 0.500. The molecule has 2 bridgehead atoms. The van der Waals surface area contributed by atoms with Gasteiger partial charge in [-0.25, -0.2) is 0 Å². The Morgan fingerprint density at radius 3 is 2.78 bits per heavy atom. The molecule has 0 spiro atoms. The van der Waals surface area contributed by atoms with Crippen molar-refractivity contribution in [3.8, 4) is 0 Å². The van der Waals surface area contributed by atoms with Gasteiger partial charge in [-0.05, 0) is 18.6 Å². The Balaban J connectivity index is 1.81. The highest BCUT2D eigenvalue weighted by Gasteiger charge is 2.40. The van der Waals surface area contributed by atoms with Gasteiger partial charge in [0, 0.05) is 43.8 Å². The summed E-state index contributed by atoms with van der Waals surface area (Å²) in [4.78, 5) is 17.0. The lowest BCUT2D eigenvalue weighted by Crippen LogP contribution is -2.56. The Bertz CT molecular complexity index is 434. The molecule has 2 fully saturated rings. The lowest BCUT2D eigenvalue weighted by molar-refractivity contribution is 0.0507. The zero-order chi connectivity index (χ0) is 12.5. The third-order valence-corrected chi connectivity index (χ3v) is 4.11. The molecule has 2 heterocycles. The number of carbonyl (C=O) groups is 1.